The molecule has 2 saturated heterocycles. The molecule has 0 radical (unpaired) electrons. The molecule has 1 aromatic rings. The van der Waals surface area contributed by atoms with Crippen LogP contribution in [0.25, 0.3) is 0 Å². The van der Waals surface area contributed by atoms with Crippen LogP contribution in [0.1, 0.15) is 63.1 Å². The van der Waals surface area contributed by atoms with Gasteiger partial charge in [-0.3, -0.25) is 4.90 Å². The summed E-state index contributed by atoms with van der Waals surface area (Å²) in [5.74, 6) is 1.21. The number of hydrogen-bond acceptors (Lipinski definition) is 3. The van der Waals surface area contributed by atoms with Crippen molar-refractivity contribution in [2.75, 3.05) is 24.5 Å². The number of rotatable bonds is 3. The fourth-order valence-corrected chi connectivity index (χ4v) is 3.96. The van der Waals surface area contributed by atoms with Gasteiger partial charge in [-0.2, -0.15) is 0 Å². The fraction of sp³-hybridized carbons (Fsp3) is 0.722. The topological polar surface area (TPSA) is 19.4 Å². The maximum atomic E-state index is 4.83. The quantitative estimate of drug-likeness (QED) is 0.840. The maximum Gasteiger partial charge on any atom is 0.131 e. The standard InChI is InChI=1S/C18H29N3/c1-14(2)21-11-5-4-8-17(21)16-12-15(3)18(19-13-16)20-9-6-7-10-20/h12-14,17H,4-11H2,1-3H3. The lowest BCUT2D eigenvalue weighted by atomic mass is 9.94. The van der Waals surface area contributed by atoms with Crippen LogP contribution in [0.3, 0.4) is 0 Å². The van der Waals surface area contributed by atoms with E-state index in [1.807, 2.05) is 0 Å². The number of nitrogens with zero attached hydrogens (tertiary/aromatic N) is 3. The predicted octanol–water partition coefficient (Wildman–Crippen LogP) is 3.93. The van der Waals surface area contributed by atoms with Gasteiger partial charge in [-0.15, -0.1) is 0 Å². The molecule has 1 aromatic heterocycles. The van der Waals surface area contributed by atoms with E-state index in [0.717, 1.165) is 0 Å². The molecule has 21 heavy (non-hydrogen) atoms. The lowest BCUT2D eigenvalue weighted by Crippen LogP contribution is -2.38. The van der Waals surface area contributed by atoms with Gasteiger partial charge in [0, 0.05) is 31.4 Å². The molecular formula is C18H29N3. The number of anilines is 1. The van der Waals surface area contributed by atoms with E-state index in [4.69, 9.17) is 4.98 Å². The Kier molecular flexibility index (Phi) is 4.48. The summed E-state index contributed by atoms with van der Waals surface area (Å²) < 4.78 is 0. The first-order chi connectivity index (χ1) is 10.2. The minimum atomic E-state index is 0.567. The summed E-state index contributed by atoms with van der Waals surface area (Å²) in [6.07, 6.45) is 8.74. The average molecular weight is 287 g/mol. The first-order valence-electron chi connectivity index (χ1n) is 8.64. The van der Waals surface area contributed by atoms with E-state index in [1.54, 1.807) is 0 Å². The van der Waals surface area contributed by atoms with Crippen molar-refractivity contribution in [2.24, 2.45) is 0 Å². The summed E-state index contributed by atoms with van der Waals surface area (Å²) in [7, 11) is 0. The van der Waals surface area contributed by atoms with Crippen LogP contribution in [0.5, 0.6) is 0 Å². The molecule has 3 rings (SSSR count). The molecule has 3 heteroatoms. The normalized spacial score (nSPS) is 24.0. The molecule has 0 amide bonds. The molecule has 0 spiro atoms. The third kappa shape index (κ3) is 3.08. The van der Waals surface area contributed by atoms with Crippen LogP contribution in [0.15, 0.2) is 12.3 Å². The highest BCUT2D eigenvalue weighted by molar-refractivity contribution is 5.48. The average Bonchev–Trinajstić information content (AvgIpc) is 3.01. The van der Waals surface area contributed by atoms with Crippen LogP contribution in [-0.2, 0) is 0 Å². The second-order valence-corrected chi connectivity index (χ2v) is 6.95. The third-order valence-corrected chi connectivity index (χ3v) is 5.07. The lowest BCUT2D eigenvalue weighted by Gasteiger charge is -2.39. The van der Waals surface area contributed by atoms with Gasteiger partial charge in [0.1, 0.15) is 5.82 Å². The van der Waals surface area contributed by atoms with E-state index in [-0.39, 0.29) is 0 Å². The Balaban J connectivity index is 1.83. The molecule has 3 nitrogen and oxygen atoms in total. The summed E-state index contributed by atoms with van der Waals surface area (Å²) in [6, 6.07) is 3.58. The van der Waals surface area contributed by atoms with Crippen LogP contribution < -0.4 is 4.90 Å². The Bertz CT molecular complexity index is 477. The zero-order valence-corrected chi connectivity index (χ0v) is 13.8. The monoisotopic (exact) mass is 287 g/mol. The van der Waals surface area contributed by atoms with Gasteiger partial charge in [-0.25, -0.2) is 4.98 Å². The van der Waals surface area contributed by atoms with Gasteiger partial charge in [-0.1, -0.05) is 6.42 Å². The van der Waals surface area contributed by atoms with E-state index >= 15 is 0 Å². The van der Waals surface area contributed by atoms with Crippen LogP contribution in [0.4, 0.5) is 5.82 Å². The second kappa shape index (κ2) is 6.35. The summed E-state index contributed by atoms with van der Waals surface area (Å²) in [5.41, 5.74) is 2.77. The Morgan fingerprint density at radius 3 is 2.48 bits per heavy atom. The first-order valence-corrected chi connectivity index (χ1v) is 8.64. The number of hydrogen-bond donors (Lipinski definition) is 0. The molecule has 3 heterocycles. The minimum Gasteiger partial charge on any atom is -0.356 e. The maximum absolute atomic E-state index is 4.83. The Morgan fingerprint density at radius 2 is 1.81 bits per heavy atom. The number of likely N-dealkylation sites (tertiary alicyclic amines) is 1. The van der Waals surface area contributed by atoms with Crippen LogP contribution in [-0.4, -0.2) is 35.6 Å². The van der Waals surface area contributed by atoms with Crippen LogP contribution in [0.2, 0.25) is 0 Å². The summed E-state index contributed by atoms with van der Waals surface area (Å²) in [6.45, 7) is 10.4. The number of aryl methyl sites for hydroxylation is 1. The van der Waals surface area contributed by atoms with Crippen molar-refractivity contribution in [3.63, 3.8) is 0 Å². The Labute approximate surface area is 129 Å². The number of aromatic nitrogens is 1. The van der Waals surface area contributed by atoms with Crippen molar-refractivity contribution in [3.8, 4) is 0 Å². The second-order valence-electron chi connectivity index (χ2n) is 6.95. The minimum absolute atomic E-state index is 0.567. The van der Waals surface area contributed by atoms with Crippen LogP contribution >= 0.6 is 0 Å². The Morgan fingerprint density at radius 1 is 1.10 bits per heavy atom. The molecule has 0 bridgehead atoms. The molecule has 2 fully saturated rings. The van der Waals surface area contributed by atoms with E-state index < -0.39 is 0 Å². The summed E-state index contributed by atoms with van der Waals surface area (Å²) in [5, 5.41) is 0. The zero-order valence-electron chi connectivity index (χ0n) is 13.8. The number of pyridine rings is 1. The third-order valence-electron chi connectivity index (χ3n) is 5.07. The fourth-order valence-electron chi connectivity index (χ4n) is 3.96. The molecule has 1 unspecified atom stereocenters. The van der Waals surface area contributed by atoms with E-state index in [9.17, 15) is 0 Å². The van der Waals surface area contributed by atoms with Gasteiger partial charge in [0.15, 0.2) is 0 Å². The molecular weight excluding hydrogens is 258 g/mol. The molecule has 0 saturated carbocycles. The van der Waals surface area contributed by atoms with Crippen molar-refractivity contribution in [1.82, 2.24) is 9.88 Å². The molecule has 2 aliphatic rings. The SMILES string of the molecule is Cc1cc(C2CCCCN2C(C)C)cnc1N1CCCC1. The van der Waals surface area contributed by atoms with E-state index in [0.29, 0.717) is 12.1 Å². The molecule has 116 valence electrons. The van der Waals surface area contributed by atoms with Gasteiger partial charge < -0.3 is 4.90 Å². The highest BCUT2D eigenvalue weighted by Gasteiger charge is 2.27. The Hall–Kier alpha value is -1.09. The van der Waals surface area contributed by atoms with Crippen molar-refractivity contribution < 1.29 is 0 Å². The van der Waals surface area contributed by atoms with Crippen LogP contribution in [0, 0.1) is 6.92 Å². The smallest absolute Gasteiger partial charge is 0.131 e. The lowest BCUT2D eigenvalue weighted by molar-refractivity contribution is 0.112. The van der Waals surface area contributed by atoms with Crippen molar-refractivity contribution in [2.45, 2.75) is 65.0 Å². The number of piperidine rings is 1. The molecule has 0 N–H and O–H groups in total. The molecule has 1 atom stereocenters. The van der Waals surface area contributed by atoms with Gasteiger partial charge in [0.2, 0.25) is 0 Å². The largest absolute Gasteiger partial charge is 0.356 e. The van der Waals surface area contributed by atoms with Gasteiger partial charge in [0.25, 0.3) is 0 Å². The van der Waals surface area contributed by atoms with Crippen molar-refractivity contribution >= 4 is 5.82 Å². The molecule has 0 aromatic carbocycles. The molecule has 0 aliphatic carbocycles. The van der Waals surface area contributed by atoms with Gasteiger partial charge in [0.05, 0.1) is 0 Å². The van der Waals surface area contributed by atoms with E-state index in [1.165, 1.54) is 68.7 Å². The molecule has 2 aliphatic heterocycles. The van der Waals surface area contributed by atoms with Crippen molar-refractivity contribution in [1.29, 1.82) is 0 Å². The summed E-state index contributed by atoms with van der Waals surface area (Å²) in [4.78, 5) is 9.92. The highest BCUT2D eigenvalue weighted by atomic mass is 15.2. The van der Waals surface area contributed by atoms with Gasteiger partial charge >= 0.3 is 0 Å². The summed E-state index contributed by atoms with van der Waals surface area (Å²) >= 11 is 0. The first kappa shape index (κ1) is 14.8. The van der Waals surface area contributed by atoms with Gasteiger partial charge in [-0.05, 0) is 70.2 Å². The zero-order chi connectivity index (χ0) is 14.8. The van der Waals surface area contributed by atoms with Crippen molar-refractivity contribution in [3.05, 3.63) is 23.4 Å². The highest BCUT2D eigenvalue weighted by Crippen LogP contribution is 2.34. The van der Waals surface area contributed by atoms with E-state index in [2.05, 4.69) is 42.8 Å². The predicted molar refractivity (Wildman–Crippen MR) is 88.9 cm³/mol.